The van der Waals surface area contributed by atoms with Gasteiger partial charge in [-0.3, -0.25) is 9.59 Å². The summed E-state index contributed by atoms with van der Waals surface area (Å²) in [5.41, 5.74) is 0. The Morgan fingerprint density at radius 2 is 1.92 bits per heavy atom. The van der Waals surface area contributed by atoms with Gasteiger partial charge in [0.05, 0.1) is 6.54 Å². The molecule has 0 aromatic heterocycles. The number of amides is 2. The molecule has 0 saturated carbocycles. The van der Waals surface area contributed by atoms with Crippen LogP contribution in [0.4, 0.5) is 4.79 Å². The molecule has 1 heterocycles. The first-order chi connectivity index (χ1) is 12.4. The van der Waals surface area contributed by atoms with E-state index in [1.54, 1.807) is 11.1 Å². The second kappa shape index (κ2) is 12.3. The number of nitrogens with zero attached hydrogens (tertiary/aromatic N) is 2. The lowest BCUT2D eigenvalue weighted by Crippen LogP contribution is -2.37. The predicted molar refractivity (Wildman–Crippen MR) is 101 cm³/mol. The van der Waals surface area contributed by atoms with Crippen molar-refractivity contribution in [1.82, 2.24) is 15.1 Å². The fraction of sp³-hybridized carbons (Fsp3) is 0.737. The van der Waals surface area contributed by atoms with Gasteiger partial charge in [0.15, 0.2) is 11.9 Å². The number of alkyl carbamates (subject to hydrolysis) is 1. The highest BCUT2D eigenvalue weighted by Crippen LogP contribution is 2.14. The Bertz CT molecular complexity index is 491. The van der Waals surface area contributed by atoms with Crippen molar-refractivity contribution in [3.8, 4) is 0 Å². The molecule has 0 radical (unpaired) electrons. The predicted octanol–water partition coefficient (Wildman–Crippen LogP) is 2.32. The molecule has 1 aliphatic rings. The van der Waals surface area contributed by atoms with Crippen molar-refractivity contribution < 1.29 is 19.1 Å². The number of hydrogen-bond donors (Lipinski definition) is 1. The first-order valence-electron chi connectivity index (χ1n) is 9.54. The van der Waals surface area contributed by atoms with Gasteiger partial charge >= 0.3 is 6.09 Å². The zero-order valence-corrected chi connectivity index (χ0v) is 16.3. The molecule has 7 nitrogen and oxygen atoms in total. The quantitative estimate of drug-likeness (QED) is 0.423. The summed E-state index contributed by atoms with van der Waals surface area (Å²) in [7, 11) is 3.64. The van der Waals surface area contributed by atoms with Crippen LogP contribution in [0.5, 0.6) is 0 Å². The number of nitrogens with one attached hydrogen (secondary N) is 1. The highest BCUT2D eigenvalue weighted by Gasteiger charge is 2.35. The number of ketones is 1. The highest BCUT2D eigenvalue weighted by molar-refractivity contribution is 5.95. The second-order valence-electron chi connectivity index (χ2n) is 6.88. The first kappa shape index (κ1) is 22.0. The molecule has 0 spiro atoms. The van der Waals surface area contributed by atoms with Gasteiger partial charge in [0.1, 0.15) is 0 Å². The van der Waals surface area contributed by atoms with Crippen molar-refractivity contribution in [3.05, 3.63) is 12.3 Å². The number of rotatable bonds is 12. The molecule has 0 aromatic carbocycles. The summed E-state index contributed by atoms with van der Waals surface area (Å²) in [6.45, 7) is 3.18. The molecule has 1 N–H and O–H groups in total. The zero-order chi connectivity index (χ0) is 19.4. The van der Waals surface area contributed by atoms with Crippen molar-refractivity contribution in [2.75, 3.05) is 33.7 Å². The Kier molecular flexibility index (Phi) is 10.4. The summed E-state index contributed by atoms with van der Waals surface area (Å²) < 4.78 is 5.20. The van der Waals surface area contributed by atoms with Crippen LogP contribution < -0.4 is 5.32 Å². The molecule has 2 amide bonds. The maximum Gasteiger partial charge on any atom is 0.407 e. The Labute approximate surface area is 156 Å². The van der Waals surface area contributed by atoms with Gasteiger partial charge in [0.25, 0.3) is 5.91 Å². The van der Waals surface area contributed by atoms with Crippen molar-refractivity contribution in [2.45, 2.75) is 58.0 Å². The maximum absolute atomic E-state index is 12.2. The van der Waals surface area contributed by atoms with Crippen LogP contribution >= 0.6 is 0 Å². The van der Waals surface area contributed by atoms with E-state index in [0.29, 0.717) is 19.5 Å². The van der Waals surface area contributed by atoms with Crippen LogP contribution in [0.25, 0.3) is 0 Å². The van der Waals surface area contributed by atoms with E-state index >= 15 is 0 Å². The smallest absolute Gasteiger partial charge is 0.407 e. The van der Waals surface area contributed by atoms with Crippen LogP contribution in [0.15, 0.2) is 12.3 Å². The second-order valence-corrected chi connectivity index (χ2v) is 6.88. The van der Waals surface area contributed by atoms with Crippen LogP contribution in [-0.4, -0.2) is 67.4 Å². The molecule has 1 saturated heterocycles. The van der Waals surface area contributed by atoms with E-state index in [9.17, 15) is 14.4 Å². The standard InChI is InChI=1S/C19H33N3O4/c1-4-5-6-7-8-9-12-20-19(25)26-17-11-14-22(18(17)24)15-16(23)10-13-21(2)3/h10,13,17H,4-9,11-12,14-15H2,1-3H3,(H,20,25)/b13-10+/t17-/m1/s1. The number of unbranched alkanes of at least 4 members (excludes halogenated alkanes) is 5. The van der Waals surface area contributed by atoms with E-state index in [2.05, 4.69) is 12.2 Å². The van der Waals surface area contributed by atoms with E-state index in [0.717, 1.165) is 12.8 Å². The van der Waals surface area contributed by atoms with Gasteiger partial charge < -0.3 is 19.9 Å². The molecule has 1 aliphatic heterocycles. The first-order valence-corrected chi connectivity index (χ1v) is 9.54. The van der Waals surface area contributed by atoms with E-state index < -0.39 is 12.2 Å². The lowest BCUT2D eigenvalue weighted by atomic mass is 10.1. The summed E-state index contributed by atoms with van der Waals surface area (Å²) in [5, 5.41) is 2.69. The molecule has 0 aromatic rings. The summed E-state index contributed by atoms with van der Waals surface area (Å²) in [5.74, 6) is -0.452. The lowest BCUT2D eigenvalue weighted by Gasteiger charge is -2.15. The average Bonchev–Trinajstić information content (AvgIpc) is 2.92. The number of likely N-dealkylation sites (tertiary alicyclic amines) is 1. The molecule has 148 valence electrons. The minimum atomic E-state index is -0.787. The number of hydrogen-bond acceptors (Lipinski definition) is 5. The van der Waals surface area contributed by atoms with E-state index in [4.69, 9.17) is 4.74 Å². The Hall–Kier alpha value is -2.05. The van der Waals surface area contributed by atoms with Gasteiger partial charge in [-0.05, 0) is 12.5 Å². The Balaban J connectivity index is 2.22. The number of ether oxygens (including phenoxy) is 1. The van der Waals surface area contributed by atoms with Gasteiger partial charge in [-0.25, -0.2) is 4.79 Å². The molecular weight excluding hydrogens is 334 g/mol. The SMILES string of the molecule is CCCCCCCCNC(=O)O[C@@H]1CCN(CC(=O)/C=C/N(C)C)C1=O. The third-order valence-electron chi connectivity index (χ3n) is 4.20. The van der Waals surface area contributed by atoms with E-state index in [-0.39, 0.29) is 18.2 Å². The summed E-state index contributed by atoms with van der Waals surface area (Å²) in [4.78, 5) is 39.0. The molecule has 0 unspecified atom stereocenters. The molecule has 7 heteroatoms. The zero-order valence-electron chi connectivity index (χ0n) is 16.3. The topological polar surface area (TPSA) is 79.0 Å². The van der Waals surface area contributed by atoms with Crippen LogP contribution in [0.2, 0.25) is 0 Å². The third-order valence-corrected chi connectivity index (χ3v) is 4.20. The molecular formula is C19H33N3O4. The van der Waals surface area contributed by atoms with E-state index in [1.165, 1.54) is 36.7 Å². The van der Waals surface area contributed by atoms with Gasteiger partial charge in [0, 0.05) is 39.8 Å². The maximum atomic E-state index is 12.2. The molecule has 1 fully saturated rings. The normalized spacial score (nSPS) is 17.0. The van der Waals surface area contributed by atoms with Crippen LogP contribution in [0.3, 0.4) is 0 Å². The van der Waals surface area contributed by atoms with Crippen molar-refractivity contribution in [2.24, 2.45) is 0 Å². The van der Waals surface area contributed by atoms with Gasteiger partial charge in [-0.2, -0.15) is 0 Å². The molecule has 26 heavy (non-hydrogen) atoms. The van der Waals surface area contributed by atoms with Gasteiger partial charge in [0.2, 0.25) is 0 Å². The molecule has 1 rings (SSSR count). The van der Waals surface area contributed by atoms with E-state index in [1.807, 2.05) is 14.1 Å². The fourth-order valence-electron chi connectivity index (χ4n) is 2.72. The summed E-state index contributed by atoms with van der Waals surface area (Å²) in [6.07, 6.45) is 9.04. The highest BCUT2D eigenvalue weighted by atomic mass is 16.6. The van der Waals surface area contributed by atoms with Crippen molar-refractivity contribution >= 4 is 17.8 Å². The minimum absolute atomic E-state index is 0.0163. The number of carbonyl (C=O) groups is 3. The Morgan fingerprint density at radius 1 is 1.23 bits per heavy atom. The lowest BCUT2D eigenvalue weighted by molar-refractivity contribution is -0.136. The molecule has 0 bridgehead atoms. The van der Waals surface area contributed by atoms with Crippen LogP contribution in [0, 0.1) is 0 Å². The van der Waals surface area contributed by atoms with Crippen molar-refractivity contribution in [1.29, 1.82) is 0 Å². The molecule has 1 atom stereocenters. The van der Waals surface area contributed by atoms with Crippen LogP contribution in [0.1, 0.15) is 51.9 Å². The van der Waals surface area contributed by atoms with Crippen LogP contribution in [-0.2, 0) is 14.3 Å². The van der Waals surface area contributed by atoms with Gasteiger partial charge in [-0.1, -0.05) is 39.0 Å². The third kappa shape index (κ3) is 8.87. The minimum Gasteiger partial charge on any atom is -0.436 e. The fourth-order valence-corrected chi connectivity index (χ4v) is 2.72. The Morgan fingerprint density at radius 3 is 2.62 bits per heavy atom. The van der Waals surface area contributed by atoms with Crippen molar-refractivity contribution in [3.63, 3.8) is 0 Å². The summed E-state index contributed by atoms with van der Waals surface area (Å²) in [6, 6.07) is 0. The monoisotopic (exact) mass is 367 g/mol. The molecule has 0 aliphatic carbocycles. The van der Waals surface area contributed by atoms with Gasteiger partial charge in [-0.15, -0.1) is 0 Å². The number of carbonyl (C=O) groups excluding carboxylic acids is 3. The largest absolute Gasteiger partial charge is 0.436 e. The summed E-state index contributed by atoms with van der Waals surface area (Å²) >= 11 is 0. The average molecular weight is 367 g/mol.